The number of rotatable bonds is 9. The Morgan fingerprint density at radius 3 is 2.67 bits per heavy atom. The number of methoxy groups -OCH3 is 1. The highest BCUT2D eigenvalue weighted by Crippen LogP contribution is 2.35. The fourth-order valence-corrected chi connectivity index (χ4v) is 4.79. The maximum atomic E-state index is 12.9. The summed E-state index contributed by atoms with van der Waals surface area (Å²) < 4.78 is 11.8. The molecule has 1 heterocycles. The van der Waals surface area contributed by atoms with E-state index in [9.17, 15) is 24.5 Å². The topological polar surface area (TPSA) is 128 Å². The van der Waals surface area contributed by atoms with Crippen molar-refractivity contribution in [2.45, 2.75) is 6.61 Å². The first kappa shape index (κ1) is 28.1. The molecule has 4 rings (SSSR count). The number of benzene rings is 3. The van der Waals surface area contributed by atoms with Crippen molar-refractivity contribution in [1.29, 1.82) is 0 Å². The van der Waals surface area contributed by atoms with Crippen molar-refractivity contribution in [2.24, 2.45) is 0 Å². The Morgan fingerprint density at radius 1 is 1.15 bits per heavy atom. The average Bonchev–Trinajstić information content (AvgIpc) is 3.17. The molecule has 1 N–H and O–H groups in total. The van der Waals surface area contributed by atoms with Crippen LogP contribution >= 0.6 is 39.3 Å². The Bertz CT molecular complexity index is 1510. The van der Waals surface area contributed by atoms with Crippen LogP contribution in [0.15, 0.2) is 70.0 Å². The van der Waals surface area contributed by atoms with Gasteiger partial charge in [0.2, 0.25) is 5.91 Å². The number of non-ortho nitro benzene ring substituents is 1. The van der Waals surface area contributed by atoms with Gasteiger partial charge in [0.15, 0.2) is 11.5 Å². The standard InChI is InChI=1S/C26H19BrClN3O7S/c1-37-22-10-15(5-8-21(22)38-14-16-3-2-4-18(9-16)31(35)36)11-23-25(33)30(26(34)39-23)13-24(32)29-17-6-7-19(27)20(28)12-17/h2-12H,13-14H2,1H3,(H,29,32)/b23-11+. The predicted octanol–water partition coefficient (Wildman–Crippen LogP) is 6.27. The fourth-order valence-electron chi connectivity index (χ4n) is 3.52. The third-order valence-electron chi connectivity index (χ3n) is 5.38. The van der Waals surface area contributed by atoms with Gasteiger partial charge in [-0.25, -0.2) is 0 Å². The van der Waals surface area contributed by atoms with Gasteiger partial charge in [-0.3, -0.25) is 29.4 Å². The summed E-state index contributed by atoms with van der Waals surface area (Å²) in [5.74, 6) is -0.400. The molecule has 0 saturated carbocycles. The lowest BCUT2D eigenvalue weighted by Crippen LogP contribution is -2.36. The first-order chi connectivity index (χ1) is 18.6. The van der Waals surface area contributed by atoms with E-state index >= 15 is 0 Å². The van der Waals surface area contributed by atoms with Crippen molar-refractivity contribution in [3.63, 3.8) is 0 Å². The van der Waals surface area contributed by atoms with Crippen molar-refractivity contribution in [2.75, 3.05) is 19.0 Å². The smallest absolute Gasteiger partial charge is 0.294 e. The molecule has 1 aliphatic heterocycles. The maximum Gasteiger partial charge on any atom is 0.294 e. The minimum Gasteiger partial charge on any atom is -0.493 e. The first-order valence-corrected chi connectivity index (χ1v) is 13.2. The molecule has 0 radical (unpaired) electrons. The van der Waals surface area contributed by atoms with E-state index in [2.05, 4.69) is 21.2 Å². The summed E-state index contributed by atoms with van der Waals surface area (Å²) in [7, 11) is 1.45. The minimum atomic E-state index is -0.598. The van der Waals surface area contributed by atoms with Gasteiger partial charge >= 0.3 is 0 Å². The van der Waals surface area contributed by atoms with Gasteiger partial charge in [-0.1, -0.05) is 29.8 Å². The Labute approximate surface area is 240 Å². The van der Waals surface area contributed by atoms with E-state index in [1.54, 1.807) is 48.5 Å². The summed E-state index contributed by atoms with van der Waals surface area (Å²) in [5.41, 5.74) is 1.56. The number of hydrogen-bond donors (Lipinski definition) is 1. The summed E-state index contributed by atoms with van der Waals surface area (Å²) in [6, 6.07) is 15.9. The summed E-state index contributed by atoms with van der Waals surface area (Å²) in [6.07, 6.45) is 1.52. The van der Waals surface area contributed by atoms with Crippen molar-refractivity contribution in [3.05, 3.63) is 96.3 Å². The lowest BCUT2D eigenvalue weighted by Gasteiger charge is -2.13. The number of anilines is 1. The number of halogens is 2. The molecule has 1 saturated heterocycles. The van der Waals surface area contributed by atoms with Gasteiger partial charge in [0, 0.05) is 22.3 Å². The number of nitrogens with one attached hydrogen (secondary N) is 1. The fraction of sp³-hybridized carbons (Fsp3) is 0.115. The van der Waals surface area contributed by atoms with E-state index in [-0.39, 0.29) is 17.2 Å². The normalized spacial score (nSPS) is 14.0. The highest BCUT2D eigenvalue weighted by atomic mass is 79.9. The molecule has 1 fully saturated rings. The number of nitrogens with zero attached hydrogens (tertiary/aromatic N) is 2. The van der Waals surface area contributed by atoms with Crippen molar-refractivity contribution in [1.82, 2.24) is 4.90 Å². The van der Waals surface area contributed by atoms with Crippen LogP contribution in [0.25, 0.3) is 6.08 Å². The summed E-state index contributed by atoms with van der Waals surface area (Å²) in [4.78, 5) is 49.3. The molecule has 3 aromatic rings. The molecule has 0 unspecified atom stereocenters. The van der Waals surface area contributed by atoms with Gasteiger partial charge in [-0.05, 0) is 75.2 Å². The zero-order chi connectivity index (χ0) is 28.1. The van der Waals surface area contributed by atoms with E-state index in [4.69, 9.17) is 21.1 Å². The zero-order valence-corrected chi connectivity index (χ0v) is 23.3. The molecule has 200 valence electrons. The second kappa shape index (κ2) is 12.3. The number of ether oxygens (including phenoxy) is 2. The van der Waals surface area contributed by atoms with Crippen LogP contribution in [0.1, 0.15) is 11.1 Å². The molecule has 3 amide bonds. The number of carbonyl (C=O) groups is 3. The largest absolute Gasteiger partial charge is 0.493 e. The van der Waals surface area contributed by atoms with Crippen LogP contribution in [-0.4, -0.2) is 40.5 Å². The van der Waals surface area contributed by atoms with Crippen LogP contribution in [0.3, 0.4) is 0 Å². The molecule has 0 aromatic heterocycles. The zero-order valence-electron chi connectivity index (χ0n) is 20.2. The van der Waals surface area contributed by atoms with E-state index in [1.807, 2.05) is 0 Å². The van der Waals surface area contributed by atoms with E-state index < -0.39 is 28.5 Å². The number of imide groups is 1. The highest BCUT2D eigenvalue weighted by Gasteiger charge is 2.36. The highest BCUT2D eigenvalue weighted by molar-refractivity contribution is 9.10. The summed E-state index contributed by atoms with van der Waals surface area (Å²) >= 11 is 10.0. The Morgan fingerprint density at radius 2 is 1.95 bits per heavy atom. The number of carbonyl (C=O) groups excluding carboxylic acids is 3. The Hall–Kier alpha value is -3.87. The van der Waals surface area contributed by atoms with Gasteiger partial charge in [0.25, 0.3) is 16.8 Å². The second-order valence-electron chi connectivity index (χ2n) is 8.07. The number of hydrogen-bond acceptors (Lipinski definition) is 8. The van der Waals surface area contributed by atoms with E-state index in [1.165, 1.54) is 25.3 Å². The first-order valence-electron chi connectivity index (χ1n) is 11.2. The molecule has 1 aliphatic rings. The van der Waals surface area contributed by atoms with Crippen LogP contribution in [0, 0.1) is 10.1 Å². The second-order valence-corrected chi connectivity index (χ2v) is 10.3. The minimum absolute atomic E-state index is 0.0393. The van der Waals surface area contributed by atoms with Crippen LogP contribution < -0.4 is 14.8 Å². The molecule has 13 heteroatoms. The van der Waals surface area contributed by atoms with Crippen molar-refractivity contribution < 1.29 is 28.8 Å². The molecule has 3 aromatic carbocycles. The molecule has 10 nitrogen and oxygen atoms in total. The predicted molar refractivity (Wildman–Crippen MR) is 151 cm³/mol. The third kappa shape index (κ3) is 6.96. The van der Waals surface area contributed by atoms with Crippen LogP contribution in [0.2, 0.25) is 5.02 Å². The number of nitro benzene ring substituents is 1. The van der Waals surface area contributed by atoms with Gasteiger partial charge in [0.1, 0.15) is 13.2 Å². The third-order valence-corrected chi connectivity index (χ3v) is 7.52. The SMILES string of the molecule is COc1cc(/C=C2/SC(=O)N(CC(=O)Nc3ccc(Br)c(Cl)c3)C2=O)ccc1OCc1cccc([N+](=O)[O-])c1. The lowest BCUT2D eigenvalue weighted by atomic mass is 10.1. The summed E-state index contributed by atoms with van der Waals surface area (Å²) in [5, 5.41) is 13.4. The molecular formula is C26H19BrClN3O7S. The van der Waals surface area contributed by atoms with Gasteiger partial charge in [-0.15, -0.1) is 0 Å². The number of nitro groups is 1. The molecule has 0 aliphatic carbocycles. The van der Waals surface area contributed by atoms with Crippen molar-refractivity contribution >= 4 is 73.8 Å². The average molecular weight is 633 g/mol. The number of thioether (sulfide) groups is 1. The molecule has 0 spiro atoms. The Kier molecular flexibility index (Phi) is 8.90. The quantitative estimate of drug-likeness (QED) is 0.166. The van der Waals surface area contributed by atoms with Crippen LogP contribution in [0.4, 0.5) is 16.2 Å². The van der Waals surface area contributed by atoms with Gasteiger partial charge < -0.3 is 14.8 Å². The molecule has 0 atom stereocenters. The van der Waals surface area contributed by atoms with Crippen molar-refractivity contribution in [3.8, 4) is 11.5 Å². The van der Waals surface area contributed by atoms with E-state index in [0.717, 1.165) is 16.7 Å². The molecule has 0 bridgehead atoms. The van der Waals surface area contributed by atoms with E-state index in [0.29, 0.717) is 37.8 Å². The van der Waals surface area contributed by atoms with Gasteiger partial charge in [0.05, 0.1) is 22.0 Å². The molecule has 39 heavy (non-hydrogen) atoms. The lowest BCUT2D eigenvalue weighted by molar-refractivity contribution is -0.384. The van der Waals surface area contributed by atoms with Gasteiger partial charge in [-0.2, -0.15) is 0 Å². The Balaban J connectivity index is 1.42. The summed E-state index contributed by atoms with van der Waals surface area (Å²) in [6.45, 7) is -0.381. The molecular weight excluding hydrogens is 614 g/mol. The number of amides is 3. The monoisotopic (exact) mass is 631 g/mol. The maximum absolute atomic E-state index is 12.9. The van der Waals surface area contributed by atoms with Crippen LogP contribution in [-0.2, 0) is 16.2 Å². The van der Waals surface area contributed by atoms with Crippen LogP contribution in [0.5, 0.6) is 11.5 Å².